The molecule has 0 bridgehead atoms. The molecule has 2 aromatic carbocycles. The molecule has 3 N–H and O–H groups in total. The minimum Gasteiger partial charge on any atom is -0.431 e. The van der Waals surface area contributed by atoms with E-state index in [1.807, 2.05) is 29.3 Å². The lowest BCUT2D eigenvalue weighted by Crippen LogP contribution is -2.50. The average Bonchev–Trinajstić information content (AvgIpc) is 3.67. The lowest BCUT2D eigenvalue weighted by Gasteiger charge is -2.36. The van der Waals surface area contributed by atoms with Gasteiger partial charge in [0.05, 0.1) is 6.20 Å². The molecule has 4 aromatic rings. The van der Waals surface area contributed by atoms with Crippen LogP contribution in [0.1, 0.15) is 49.2 Å². The quantitative estimate of drug-likeness (QED) is 0.264. The van der Waals surface area contributed by atoms with Crippen molar-refractivity contribution in [3.05, 3.63) is 60.1 Å². The molecular weight excluding hydrogens is 504 g/mol. The summed E-state index contributed by atoms with van der Waals surface area (Å²) in [6.07, 6.45) is 7.66. The maximum atomic E-state index is 13.3. The molecule has 2 saturated heterocycles. The van der Waals surface area contributed by atoms with Crippen LogP contribution in [0.4, 0.5) is 5.69 Å². The van der Waals surface area contributed by atoms with Crippen LogP contribution in [0.15, 0.2) is 53.2 Å². The van der Waals surface area contributed by atoms with Gasteiger partial charge in [-0.15, -0.1) is 0 Å². The number of aromatic amines is 1. The molecule has 0 saturated carbocycles. The van der Waals surface area contributed by atoms with Crippen LogP contribution in [-0.4, -0.2) is 76.9 Å². The van der Waals surface area contributed by atoms with Gasteiger partial charge in [-0.2, -0.15) is 0 Å². The van der Waals surface area contributed by atoms with Crippen molar-refractivity contribution in [1.29, 1.82) is 5.41 Å². The average molecular weight is 541 g/mol. The highest BCUT2D eigenvalue weighted by molar-refractivity contribution is 6.01. The van der Waals surface area contributed by atoms with Gasteiger partial charge in [-0.25, -0.2) is 4.98 Å². The van der Waals surface area contributed by atoms with Gasteiger partial charge in [0.25, 0.3) is 5.91 Å². The van der Waals surface area contributed by atoms with E-state index >= 15 is 0 Å². The van der Waals surface area contributed by atoms with Gasteiger partial charge in [-0.3, -0.25) is 9.69 Å². The van der Waals surface area contributed by atoms with Crippen molar-refractivity contribution in [2.45, 2.75) is 45.4 Å². The van der Waals surface area contributed by atoms with Crippen molar-refractivity contribution in [1.82, 2.24) is 19.8 Å². The highest BCUT2D eigenvalue weighted by Crippen LogP contribution is 2.37. The summed E-state index contributed by atoms with van der Waals surface area (Å²) in [5.41, 5.74) is 5.13. The van der Waals surface area contributed by atoms with E-state index in [0.717, 1.165) is 60.1 Å². The largest absolute Gasteiger partial charge is 0.431 e. The van der Waals surface area contributed by atoms with Crippen LogP contribution in [0, 0.1) is 5.41 Å². The molecule has 6 rings (SSSR count). The van der Waals surface area contributed by atoms with E-state index < -0.39 is 0 Å². The predicted molar refractivity (Wildman–Crippen MR) is 157 cm³/mol. The van der Waals surface area contributed by atoms with Crippen LogP contribution in [-0.2, 0) is 4.74 Å². The van der Waals surface area contributed by atoms with Crippen molar-refractivity contribution in [3.8, 4) is 22.6 Å². The molecule has 1 atom stereocenters. The van der Waals surface area contributed by atoms with Gasteiger partial charge in [0, 0.05) is 79.0 Å². The zero-order valence-corrected chi connectivity index (χ0v) is 23.1. The number of piperazine rings is 1. The normalized spacial score (nSPS) is 18.4. The summed E-state index contributed by atoms with van der Waals surface area (Å²) in [6, 6.07) is 12.7. The van der Waals surface area contributed by atoms with Crippen LogP contribution in [0.2, 0.25) is 0 Å². The Hall–Kier alpha value is -3.95. The fourth-order valence-electron chi connectivity index (χ4n) is 5.72. The Bertz CT molecular complexity index is 1510. The number of hydrogen-bond acceptors (Lipinski definition) is 7. The third-order valence-electron chi connectivity index (χ3n) is 8.01. The molecule has 0 radical (unpaired) electrons. The molecule has 2 aliphatic rings. The van der Waals surface area contributed by atoms with E-state index in [1.165, 1.54) is 12.4 Å². The number of rotatable bonds is 7. The Morgan fingerprint density at radius 1 is 1.15 bits per heavy atom. The number of nitrogens with zero attached hydrogens (tertiary/aromatic N) is 3. The summed E-state index contributed by atoms with van der Waals surface area (Å²) in [4.78, 5) is 25.3. The SMILES string of the molecule is CC(C)N1CCN(C(=O)c2cnc(-c3cc(-c4cccc5[nH]ccc45)cc(NC4CCCCO4)c3C=N)o2)CC1. The van der Waals surface area contributed by atoms with Gasteiger partial charge in [-0.05, 0) is 68.5 Å². The molecule has 2 aliphatic heterocycles. The number of carbonyl (C=O) groups excluding carboxylic acids is 1. The second kappa shape index (κ2) is 11.3. The van der Waals surface area contributed by atoms with Crippen molar-refractivity contribution >= 4 is 28.7 Å². The van der Waals surface area contributed by atoms with Crippen LogP contribution in [0.5, 0.6) is 0 Å². The third kappa shape index (κ3) is 5.14. The first-order valence-corrected chi connectivity index (χ1v) is 14.1. The van der Waals surface area contributed by atoms with E-state index in [4.69, 9.17) is 14.6 Å². The van der Waals surface area contributed by atoms with Crippen molar-refractivity contribution in [2.24, 2.45) is 0 Å². The molecule has 0 spiro atoms. The molecule has 9 nitrogen and oxygen atoms in total. The topological polar surface area (TPSA) is 110 Å². The number of benzene rings is 2. The maximum Gasteiger partial charge on any atom is 0.291 e. The smallest absolute Gasteiger partial charge is 0.291 e. The molecule has 208 valence electrons. The Morgan fingerprint density at radius 2 is 2.00 bits per heavy atom. The number of fused-ring (bicyclic) bond motifs is 1. The van der Waals surface area contributed by atoms with Gasteiger partial charge in [0.2, 0.25) is 11.7 Å². The second-order valence-electron chi connectivity index (χ2n) is 10.8. The first-order valence-electron chi connectivity index (χ1n) is 14.1. The molecule has 40 heavy (non-hydrogen) atoms. The van der Waals surface area contributed by atoms with E-state index in [2.05, 4.69) is 52.2 Å². The summed E-state index contributed by atoms with van der Waals surface area (Å²) < 4.78 is 12.1. The van der Waals surface area contributed by atoms with Gasteiger partial charge >= 0.3 is 0 Å². The molecule has 2 fully saturated rings. The van der Waals surface area contributed by atoms with Crippen LogP contribution in [0.25, 0.3) is 33.5 Å². The zero-order chi connectivity index (χ0) is 27.6. The number of ether oxygens (including phenoxy) is 1. The van der Waals surface area contributed by atoms with Gasteiger partial charge in [0.1, 0.15) is 6.23 Å². The summed E-state index contributed by atoms with van der Waals surface area (Å²) in [5, 5.41) is 12.9. The van der Waals surface area contributed by atoms with E-state index in [0.29, 0.717) is 42.8 Å². The monoisotopic (exact) mass is 540 g/mol. The summed E-state index contributed by atoms with van der Waals surface area (Å²) in [5.74, 6) is 0.381. The zero-order valence-electron chi connectivity index (χ0n) is 23.1. The lowest BCUT2D eigenvalue weighted by atomic mass is 9.95. The molecule has 1 unspecified atom stereocenters. The van der Waals surface area contributed by atoms with Crippen molar-refractivity contribution in [3.63, 3.8) is 0 Å². The number of anilines is 1. The molecule has 0 aliphatic carbocycles. The molecule has 1 amide bonds. The van der Waals surface area contributed by atoms with E-state index in [1.54, 1.807) is 0 Å². The van der Waals surface area contributed by atoms with Crippen molar-refractivity contribution in [2.75, 3.05) is 38.1 Å². The lowest BCUT2D eigenvalue weighted by molar-refractivity contribution is 0.0343. The second-order valence-corrected chi connectivity index (χ2v) is 10.8. The molecule has 2 aromatic heterocycles. The predicted octanol–water partition coefficient (Wildman–Crippen LogP) is 5.59. The van der Waals surface area contributed by atoms with Crippen LogP contribution < -0.4 is 5.32 Å². The number of oxazole rings is 1. The maximum absolute atomic E-state index is 13.3. The number of aromatic nitrogens is 2. The summed E-state index contributed by atoms with van der Waals surface area (Å²) in [7, 11) is 0. The number of nitrogens with one attached hydrogen (secondary N) is 3. The summed E-state index contributed by atoms with van der Waals surface area (Å²) >= 11 is 0. The highest BCUT2D eigenvalue weighted by Gasteiger charge is 2.27. The van der Waals surface area contributed by atoms with E-state index in [-0.39, 0.29) is 17.9 Å². The van der Waals surface area contributed by atoms with Gasteiger partial charge < -0.3 is 29.8 Å². The van der Waals surface area contributed by atoms with Gasteiger partial charge in [-0.1, -0.05) is 12.1 Å². The first-order chi connectivity index (χ1) is 19.5. The fourth-order valence-corrected chi connectivity index (χ4v) is 5.72. The Labute approximate surface area is 234 Å². The Morgan fingerprint density at radius 3 is 2.75 bits per heavy atom. The van der Waals surface area contributed by atoms with Crippen LogP contribution >= 0.6 is 0 Å². The minimum atomic E-state index is -0.152. The highest BCUT2D eigenvalue weighted by atomic mass is 16.5. The van der Waals surface area contributed by atoms with Crippen LogP contribution in [0.3, 0.4) is 0 Å². The Kier molecular flexibility index (Phi) is 7.40. The number of hydrogen-bond donors (Lipinski definition) is 3. The molecular formula is C31H36N6O3. The van der Waals surface area contributed by atoms with E-state index in [9.17, 15) is 4.79 Å². The number of amides is 1. The Balaban J connectivity index is 1.38. The number of H-pyrrole nitrogens is 1. The number of carbonyl (C=O) groups is 1. The molecule has 9 heteroatoms. The third-order valence-corrected chi connectivity index (χ3v) is 8.01. The van der Waals surface area contributed by atoms with Gasteiger partial charge in [0.15, 0.2) is 0 Å². The molecule has 4 heterocycles. The standard InChI is InChI=1S/C31H36N6O3/c1-20(2)36-11-13-37(14-12-36)31(38)28-19-34-30(40-28)24-16-21(22-6-5-7-26-23(22)9-10-33-26)17-27(25(24)18-32)35-29-8-3-4-15-39-29/h5-7,9-10,16-20,29,32-33,35H,3-4,8,11-15H2,1-2H3. The summed E-state index contributed by atoms with van der Waals surface area (Å²) in [6.45, 7) is 8.06. The fraction of sp³-hybridized carbons (Fsp3) is 0.387. The minimum absolute atomic E-state index is 0.134. The van der Waals surface area contributed by atoms with Crippen molar-refractivity contribution < 1.29 is 13.9 Å². The first kappa shape index (κ1) is 26.3.